The standard InChI is InChI=1S/C16H17Cl2NO3S/c1-3-22-16-7-5-4-6-15(16)19(23(2,20)21)11-12-8-9-13(17)14(18)10-12/h4-10H,3,11H2,1-2H3. The molecule has 7 heteroatoms. The average Bonchev–Trinajstić information content (AvgIpc) is 2.48. The molecule has 2 aromatic rings. The second kappa shape index (κ2) is 7.43. The van der Waals surface area contributed by atoms with Crippen LogP contribution in [0, 0.1) is 0 Å². The van der Waals surface area contributed by atoms with Crippen LogP contribution < -0.4 is 9.04 Å². The van der Waals surface area contributed by atoms with E-state index < -0.39 is 10.0 Å². The SMILES string of the molecule is CCOc1ccccc1N(Cc1ccc(Cl)c(Cl)c1)S(C)(=O)=O. The van der Waals surface area contributed by atoms with Crippen molar-refractivity contribution in [2.24, 2.45) is 0 Å². The van der Waals surface area contributed by atoms with Crippen LogP contribution in [0.3, 0.4) is 0 Å². The van der Waals surface area contributed by atoms with Gasteiger partial charge in [0.05, 0.1) is 35.1 Å². The maximum absolute atomic E-state index is 12.3. The van der Waals surface area contributed by atoms with Crippen molar-refractivity contribution >= 4 is 38.9 Å². The summed E-state index contributed by atoms with van der Waals surface area (Å²) in [5.74, 6) is 0.514. The molecule has 0 aliphatic heterocycles. The average molecular weight is 374 g/mol. The van der Waals surface area contributed by atoms with E-state index in [0.29, 0.717) is 28.1 Å². The van der Waals surface area contributed by atoms with E-state index in [4.69, 9.17) is 27.9 Å². The largest absolute Gasteiger partial charge is 0.492 e. The van der Waals surface area contributed by atoms with Crippen molar-refractivity contribution in [2.75, 3.05) is 17.2 Å². The van der Waals surface area contributed by atoms with Gasteiger partial charge in [0.15, 0.2) is 0 Å². The lowest BCUT2D eigenvalue weighted by molar-refractivity contribution is 0.341. The number of ether oxygens (including phenoxy) is 1. The Hall–Kier alpha value is -1.43. The number of hydrogen-bond donors (Lipinski definition) is 0. The Morgan fingerprint density at radius 2 is 1.78 bits per heavy atom. The van der Waals surface area contributed by atoms with Gasteiger partial charge in [-0.05, 0) is 36.8 Å². The van der Waals surface area contributed by atoms with E-state index in [0.717, 1.165) is 11.8 Å². The molecule has 0 amide bonds. The third-order valence-electron chi connectivity index (χ3n) is 3.14. The van der Waals surface area contributed by atoms with Crippen LogP contribution in [0.5, 0.6) is 5.75 Å². The molecule has 0 spiro atoms. The van der Waals surface area contributed by atoms with Gasteiger partial charge in [0.2, 0.25) is 10.0 Å². The minimum absolute atomic E-state index is 0.139. The first-order valence-electron chi connectivity index (χ1n) is 6.96. The van der Waals surface area contributed by atoms with E-state index in [2.05, 4.69) is 0 Å². The van der Waals surface area contributed by atoms with Crippen LogP contribution in [0.2, 0.25) is 10.0 Å². The topological polar surface area (TPSA) is 46.6 Å². The maximum atomic E-state index is 12.3. The van der Waals surface area contributed by atoms with Crippen LogP contribution in [-0.2, 0) is 16.6 Å². The third-order valence-corrected chi connectivity index (χ3v) is 5.01. The van der Waals surface area contributed by atoms with E-state index >= 15 is 0 Å². The molecule has 0 atom stereocenters. The summed E-state index contributed by atoms with van der Waals surface area (Å²) in [6.45, 7) is 2.43. The fourth-order valence-electron chi connectivity index (χ4n) is 2.13. The van der Waals surface area contributed by atoms with Crippen molar-refractivity contribution in [3.8, 4) is 5.75 Å². The number of sulfonamides is 1. The molecule has 0 aromatic heterocycles. The summed E-state index contributed by atoms with van der Waals surface area (Å²) in [7, 11) is -3.50. The second-order valence-corrected chi connectivity index (χ2v) is 7.64. The first kappa shape index (κ1) is 17.9. The number of anilines is 1. The summed E-state index contributed by atoms with van der Waals surface area (Å²) in [4.78, 5) is 0. The molecular weight excluding hydrogens is 357 g/mol. The first-order valence-corrected chi connectivity index (χ1v) is 9.57. The van der Waals surface area contributed by atoms with Crippen molar-refractivity contribution in [1.29, 1.82) is 0 Å². The van der Waals surface area contributed by atoms with E-state index in [9.17, 15) is 8.42 Å². The minimum atomic E-state index is -3.50. The molecule has 4 nitrogen and oxygen atoms in total. The zero-order valence-corrected chi connectivity index (χ0v) is 15.1. The zero-order chi connectivity index (χ0) is 17.0. The summed E-state index contributed by atoms with van der Waals surface area (Å²) in [6.07, 6.45) is 1.16. The Balaban J connectivity index is 2.44. The van der Waals surface area contributed by atoms with Crippen LogP contribution in [0.4, 0.5) is 5.69 Å². The van der Waals surface area contributed by atoms with Crippen LogP contribution >= 0.6 is 23.2 Å². The molecule has 0 aliphatic carbocycles. The lowest BCUT2D eigenvalue weighted by Crippen LogP contribution is -2.29. The molecule has 0 bridgehead atoms. The Morgan fingerprint density at radius 3 is 2.39 bits per heavy atom. The van der Waals surface area contributed by atoms with Crippen molar-refractivity contribution in [1.82, 2.24) is 0 Å². The highest BCUT2D eigenvalue weighted by Crippen LogP contribution is 2.32. The molecule has 23 heavy (non-hydrogen) atoms. The monoisotopic (exact) mass is 373 g/mol. The number of rotatable bonds is 6. The normalized spacial score (nSPS) is 11.3. The Labute approximate surface area is 146 Å². The molecule has 0 unspecified atom stereocenters. The van der Waals surface area contributed by atoms with Gasteiger partial charge in [-0.2, -0.15) is 0 Å². The Kier molecular flexibility index (Phi) is 5.79. The number of benzene rings is 2. The van der Waals surface area contributed by atoms with Crippen LogP contribution in [0.1, 0.15) is 12.5 Å². The third kappa shape index (κ3) is 4.53. The lowest BCUT2D eigenvalue weighted by atomic mass is 10.2. The smallest absolute Gasteiger partial charge is 0.232 e. The van der Waals surface area contributed by atoms with Crippen molar-refractivity contribution in [2.45, 2.75) is 13.5 Å². The van der Waals surface area contributed by atoms with Gasteiger partial charge in [-0.3, -0.25) is 4.31 Å². The van der Waals surface area contributed by atoms with Gasteiger partial charge in [0, 0.05) is 0 Å². The molecule has 0 saturated carbocycles. The number of hydrogen-bond acceptors (Lipinski definition) is 3. The predicted octanol–water partition coefficient (Wildman–Crippen LogP) is 4.36. The van der Waals surface area contributed by atoms with Crippen molar-refractivity contribution in [3.05, 3.63) is 58.1 Å². The fourth-order valence-corrected chi connectivity index (χ4v) is 3.34. The number of para-hydroxylation sites is 2. The summed E-state index contributed by atoms with van der Waals surface area (Å²) >= 11 is 11.9. The van der Waals surface area contributed by atoms with Gasteiger partial charge in [0.1, 0.15) is 5.75 Å². The Bertz CT molecular complexity index is 794. The second-order valence-electron chi connectivity index (χ2n) is 4.92. The van der Waals surface area contributed by atoms with Crippen molar-refractivity contribution < 1.29 is 13.2 Å². The molecule has 0 heterocycles. The number of nitrogens with zero attached hydrogens (tertiary/aromatic N) is 1. The number of halogens is 2. The lowest BCUT2D eigenvalue weighted by Gasteiger charge is -2.24. The van der Waals surface area contributed by atoms with Gasteiger partial charge in [-0.15, -0.1) is 0 Å². The molecule has 0 radical (unpaired) electrons. The zero-order valence-electron chi connectivity index (χ0n) is 12.8. The molecule has 0 N–H and O–H groups in total. The van der Waals surface area contributed by atoms with Gasteiger partial charge in [0.25, 0.3) is 0 Å². The first-order chi connectivity index (χ1) is 10.8. The molecule has 0 aliphatic rings. The van der Waals surface area contributed by atoms with Crippen molar-refractivity contribution in [3.63, 3.8) is 0 Å². The van der Waals surface area contributed by atoms with Gasteiger partial charge in [-0.1, -0.05) is 41.4 Å². The summed E-state index contributed by atoms with van der Waals surface area (Å²) in [5.41, 5.74) is 1.22. The quantitative estimate of drug-likeness (QED) is 0.755. The van der Waals surface area contributed by atoms with E-state index in [1.165, 1.54) is 4.31 Å². The predicted molar refractivity (Wildman–Crippen MR) is 95.1 cm³/mol. The Morgan fingerprint density at radius 1 is 1.09 bits per heavy atom. The molecule has 124 valence electrons. The highest BCUT2D eigenvalue weighted by atomic mass is 35.5. The minimum Gasteiger partial charge on any atom is -0.492 e. The highest BCUT2D eigenvalue weighted by molar-refractivity contribution is 7.92. The fraction of sp³-hybridized carbons (Fsp3) is 0.250. The summed E-state index contributed by atoms with van der Waals surface area (Å²) < 4.78 is 31.3. The highest BCUT2D eigenvalue weighted by Gasteiger charge is 2.21. The van der Waals surface area contributed by atoms with Crippen LogP contribution in [0.15, 0.2) is 42.5 Å². The van der Waals surface area contributed by atoms with Gasteiger partial charge in [-0.25, -0.2) is 8.42 Å². The molecule has 2 aromatic carbocycles. The molecular formula is C16H17Cl2NO3S. The molecule has 2 rings (SSSR count). The molecule has 0 saturated heterocycles. The van der Waals surface area contributed by atoms with E-state index in [1.807, 2.05) is 6.92 Å². The molecule has 0 fully saturated rings. The van der Waals surface area contributed by atoms with Gasteiger partial charge >= 0.3 is 0 Å². The van der Waals surface area contributed by atoms with Crippen LogP contribution in [0.25, 0.3) is 0 Å². The van der Waals surface area contributed by atoms with E-state index in [1.54, 1.807) is 42.5 Å². The van der Waals surface area contributed by atoms with E-state index in [-0.39, 0.29) is 6.54 Å². The summed E-state index contributed by atoms with van der Waals surface area (Å²) in [5, 5.41) is 0.812. The maximum Gasteiger partial charge on any atom is 0.232 e. The van der Waals surface area contributed by atoms with Crippen LogP contribution in [-0.4, -0.2) is 21.3 Å². The summed E-state index contributed by atoms with van der Waals surface area (Å²) in [6, 6.07) is 12.1. The van der Waals surface area contributed by atoms with Gasteiger partial charge < -0.3 is 4.74 Å².